The summed E-state index contributed by atoms with van der Waals surface area (Å²) in [7, 11) is 3.34. The summed E-state index contributed by atoms with van der Waals surface area (Å²) in [5, 5.41) is 13.7. The van der Waals surface area contributed by atoms with Crippen molar-refractivity contribution in [2.24, 2.45) is 0 Å². The number of carbonyl (C=O) groups excluding carboxylic acids is 2. The molecule has 0 saturated carbocycles. The van der Waals surface area contributed by atoms with Gasteiger partial charge in [0.2, 0.25) is 0 Å². The van der Waals surface area contributed by atoms with Crippen molar-refractivity contribution in [3.05, 3.63) is 56.2 Å². The Morgan fingerprint density at radius 1 is 1.29 bits per heavy atom. The summed E-state index contributed by atoms with van der Waals surface area (Å²) in [5.41, 5.74) is 1.05. The second kappa shape index (κ2) is 7.90. The first-order chi connectivity index (χ1) is 11.4. The summed E-state index contributed by atoms with van der Waals surface area (Å²) in [5.74, 6) is -0.609. The lowest BCUT2D eigenvalue weighted by atomic mass is 10.1. The molecule has 0 saturated heterocycles. The number of rotatable bonds is 4. The van der Waals surface area contributed by atoms with Gasteiger partial charge in [0.1, 0.15) is 11.6 Å². The first kappa shape index (κ1) is 17.9. The molecule has 0 unspecified atom stereocenters. The normalized spacial score (nSPS) is 10.8. The largest absolute Gasteiger partial charge is 0.345 e. The number of nitrogens with one attached hydrogen (secondary N) is 1. The minimum atomic E-state index is -0.492. The fourth-order valence-electron chi connectivity index (χ4n) is 1.85. The predicted molar refractivity (Wildman–Crippen MR) is 98.7 cm³/mol. The molecule has 2 aromatic rings. The van der Waals surface area contributed by atoms with Gasteiger partial charge in [-0.3, -0.25) is 9.59 Å². The van der Waals surface area contributed by atoms with Gasteiger partial charge in [0.15, 0.2) is 0 Å². The van der Waals surface area contributed by atoms with Crippen LogP contribution in [-0.4, -0.2) is 30.8 Å². The number of nitriles is 1. The summed E-state index contributed by atoms with van der Waals surface area (Å²) < 4.78 is 0.901. The van der Waals surface area contributed by atoms with E-state index < -0.39 is 5.91 Å². The van der Waals surface area contributed by atoms with Gasteiger partial charge in [-0.05, 0) is 52.3 Å². The third kappa shape index (κ3) is 4.54. The molecule has 0 fully saturated rings. The van der Waals surface area contributed by atoms with Crippen molar-refractivity contribution in [2.45, 2.75) is 0 Å². The van der Waals surface area contributed by atoms with Crippen LogP contribution < -0.4 is 5.32 Å². The van der Waals surface area contributed by atoms with E-state index in [1.165, 1.54) is 22.3 Å². The van der Waals surface area contributed by atoms with Crippen LogP contribution in [0.25, 0.3) is 6.08 Å². The number of halogens is 1. The highest BCUT2D eigenvalue weighted by Crippen LogP contribution is 2.22. The van der Waals surface area contributed by atoms with E-state index in [9.17, 15) is 14.9 Å². The molecule has 1 aromatic heterocycles. The van der Waals surface area contributed by atoms with Crippen LogP contribution in [0.15, 0.2) is 45.8 Å². The van der Waals surface area contributed by atoms with Crippen LogP contribution in [0, 0.1) is 11.3 Å². The van der Waals surface area contributed by atoms with Gasteiger partial charge in [-0.25, -0.2) is 0 Å². The first-order valence-electron chi connectivity index (χ1n) is 6.89. The van der Waals surface area contributed by atoms with Crippen LogP contribution in [0.3, 0.4) is 0 Å². The lowest BCUT2D eigenvalue weighted by Gasteiger charge is -2.10. The molecule has 0 bridgehead atoms. The molecule has 1 aromatic carbocycles. The monoisotopic (exact) mass is 403 g/mol. The highest BCUT2D eigenvalue weighted by atomic mass is 79.9. The van der Waals surface area contributed by atoms with E-state index in [-0.39, 0.29) is 11.5 Å². The maximum atomic E-state index is 12.2. The number of hydrogen-bond acceptors (Lipinski definition) is 4. The highest BCUT2D eigenvalue weighted by molar-refractivity contribution is 9.10. The van der Waals surface area contributed by atoms with E-state index in [0.29, 0.717) is 11.3 Å². The fraction of sp³-hybridized carbons (Fsp3) is 0.118. The quantitative estimate of drug-likeness (QED) is 0.623. The Balaban J connectivity index is 2.12. The van der Waals surface area contributed by atoms with Crippen molar-refractivity contribution >= 4 is 50.8 Å². The molecule has 7 heteroatoms. The minimum absolute atomic E-state index is 0.0118. The van der Waals surface area contributed by atoms with Crippen molar-refractivity contribution in [1.82, 2.24) is 4.90 Å². The van der Waals surface area contributed by atoms with E-state index in [1.54, 1.807) is 38.4 Å². The predicted octanol–water partition coefficient (Wildman–Crippen LogP) is 3.76. The second-order valence-electron chi connectivity index (χ2n) is 5.07. The molecule has 5 nitrogen and oxygen atoms in total. The average Bonchev–Trinajstić information content (AvgIpc) is 2.97. The van der Waals surface area contributed by atoms with Crippen LogP contribution in [0.1, 0.15) is 15.2 Å². The van der Waals surface area contributed by atoms with E-state index in [0.717, 1.165) is 9.35 Å². The Morgan fingerprint density at radius 3 is 2.46 bits per heavy atom. The Kier molecular flexibility index (Phi) is 5.90. The molecule has 0 radical (unpaired) electrons. The second-order valence-corrected chi connectivity index (χ2v) is 6.93. The number of thiophene rings is 1. The highest BCUT2D eigenvalue weighted by Gasteiger charge is 2.12. The number of carbonyl (C=O) groups is 2. The van der Waals surface area contributed by atoms with Gasteiger partial charge in [-0.15, -0.1) is 11.3 Å². The maximum Gasteiger partial charge on any atom is 0.266 e. The SMILES string of the molecule is CN(C)C(=O)c1ccc(NC(=O)/C(C#N)=C/c2cc(Br)cs2)cc1. The molecule has 0 aliphatic carbocycles. The smallest absolute Gasteiger partial charge is 0.266 e. The fourth-order valence-corrected chi connectivity index (χ4v) is 3.22. The number of amides is 2. The molecule has 1 heterocycles. The van der Waals surface area contributed by atoms with Crippen molar-refractivity contribution in [2.75, 3.05) is 19.4 Å². The van der Waals surface area contributed by atoms with Crippen LogP contribution in [0.2, 0.25) is 0 Å². The molecule has 0 aliphatic rings. The summed E-state index contributed by atoms with van der Waals surface area (Å²) in [6.45, 7) is 0. The molecular formula is C17H14BrN3O2S. The molecule has 2 rings (SSSR count). The lowest BCUT2D eigenvalue weighted by molar-refractivity contribution is -0.112. The average molecular weight is 404 g/mol. The van der Waals surface area contributed by atoms with Gasteiger partial charge < -0.3 is 10.2 Å². The molecule has 2 amide bonds. The summed E-state index contributed by atoms with van der Waals surface area (Å²) in [6.07, 6.45) is 1.54. The van der Waals surface area contributed by atoms with Crippen molar-refractivity contribution < 1.29 is 9.59 Å². The van der Waals surface area contributed by atoms with Crippen LogP contribution in [0.4, 0.5) is 5.69 Å². The van der Waals surface area contributed by atoms with Crippen LogP contribution in [0.5, 0.6) is 0 Å². The zero-order valence-corrected chi connectivity index (χ0v) is 15.4. The van der Waals surface area contributed by atoms with E-state index in [1.807, 2.05) is 17.5 Å². The maximum absolute atomic E-state index is 12.2. The number of benzene rings is 1. The molecule has 122 valence electrons. The van der Waals surface area contributed by atoms with Gasteiger partial charge in [0.05, 0.1) is 0 Å². The molecule has 0 aliphatic heterocycles. The lowest BCUT2D eigenvalue weighted by Crippen LogP contribution is -2.21. The van der Waals surface area contributed by atoms with Gasteiger partial charge >= 0.3 is 0 Å². The zero-order chi connectivity index (χ0) is 17.7. The van der Waals surface area contributed by atoms with Gasteiger partial charge in [-0.2, -0.15) is 5.26 Å². The molecule has 24 heavy (non-hydrogen) atoms. The summed E-state index contributed by atoms with van der Waals surface area (Å²) in [4.78, 5) is 26.3. The van der Waals surface area contributed by atoms with Gasteiger partial charge in [-0.1, -0.05) is 0 Å². The third-order valence-corrected chi connectivity index (χ3v) is 4.68. The Labute approximate surface area is 152 Å². The van der Waals surface area contributed by atoms with Gasteiger partial charge in [0.25, 0.3) is 11.8 Å². The van der Waals surface area contributed by atoms with E-state index in [4.69, 9.17) is 0 Å². The molecule has 0 spiro atoms. The molecular weight excluding hydrogens is 390 g/mol. The van der Waals surface area contributed by atoms with E-state index >= 15 is 0 Å². The van der Waals surface area contributed by atoms with E-state index in [2.05, 4.69) is 21.2 Å². The van der Waals surface area contributed by atoms with Crippen molar-refractivity contribution in [3.8, 4) is 6.07 Å². The Hall–Kier alpha value is -2.43. The van der Waals surface area contributed by atoms with Crippen molar-refractivity contribution in [3.63, 3.8) is 0 Å². The topological polar surface area (TPSA) is 73.2 Å². The van der Waals surface area contributed by atoms with Crippen molar-refractivity contribution in [1.29, 1.82) is 5.26 Å². The molecule has 1 N–H and O–H groups in total. The number of hydrogen-bond donors (Lipinski definition) is 1. The van der Waals surface area contributed by atoms with Gasteiger partial charge in [0, 0.05) is 40.1 Å². The third-order valence-electron chi connectivity index (χ3n) is 3.04. The number of anilines is 1. The summed E-state index contributed by atoms with van der Waals surface area (Å²) >= 11 is 4.76. The number of nitrogens with zero attached hydrogens (tertiary/aromatic N) is 2. The Morgan fingerprint density at radius 2 is 1.96 bits per heavy atom. The minimum Gasteiger partial charge on any atom is -0.345 e. The summed E-state index contributed by atoms with van der Waals surface area (Å²) in [6, 6.07) is 10.3. The Bertz CT molecular complexity index is 832. The molecule has 0 atom stereocenters. The zero-order valence-electron chi connectivity index (χ0n) is 13.0. The van der Waals surface area contributed by atoms with Crippen LogP contribution in [-0.2, 0) is 4.79 Å². The first-order valence-corrected chi connectivity index (χ1v) is 8.57. The standard InChI is InChI=1S/C17H14BrN3O2S/c1-21(2)17(23)11-3-5-14(6-4-11)20-16(22)12(9-19)7-15-8-13(18)10-24-15/h3-8,10H,1-2H3,(H,20,22)/b12-7+. The van der Waals surface area contributed by atoms with Crippen LogP contribution >= 0.6 is 27.3 Å².